The highest BCUT2D eigenvalue weighted by Gasteiger charge is 2.34. The summed E-state index contributed by atoms with van der Waals surface area (Å²) in [7, 11) is 0. The summed E-state index contributed by atoms with van der Waals surface area (Å²) >= 11 is 1.64. The first-order chi connectivity index (χ1) is 8.92. The van der Waals surface area contributed by atoms with Crippen molar-refractivity contribution in [1.82, 2.24) is 10.2 Å². The molecule has 1 amide bonds. The lowest BCUT2D eigenvalue weighted by Gasteiger charge is -2.35. The molecule has 1 atom stereocenters. The van der Waals surface area contributed by atoms with Crippen molar-refractivity contribution in [3.63, 3.8) is 0 Å². The minimum atomic E-state index is -0.238. The molecule has 1 fully saturated rings. The van der Waals surface area contributed by atoms with Crippen molar-refractivity contribution >= 4 is 17.7 Å². The van der Waals surface area contributed by atoms with E-state index < -0.39 is 0 Å². The third-order valence-corrected chi connectivity index (χ3v) is 5.30. The highest BCUT2D eigenvalue weighted by atomic mass is 32.2. The van der Waals surface area contributed by atoms with Crippen LogP contribution in [0.2, 0.25) is 0 Å². The molecule has 0 spiro atoms. The minimum Gasteiger partial charge on any atom is -0.352 e. The second-order valence-corrected chi connectivity index (χ2v) is 6.88. The van der Waals surface area contributed by atoms with Crippen LogP contribution in [0, 0.1) is 17.2 Å². The normalized spacial score (nSPS) is 20.8. The molecule has 1 heterocycles. The molecule has 5 heteroatoms. The average Bonchev–Trinajstić information content (AvgIpc) is 2.39. The number of carbonyl (C=O) groups excluding carboxylic acids is 1. The van der Waals surface area contributed by atoms with E-state index in [-0.39, 0.29) is 16.7 Å². The lowest BCUT2D eigenvalue weighted by molar-refractivity contribution is -0.123. The molecule has 0 saturated carbocycles. The fraction of sp³-hybridized carbons (Fsp3) is 0.857. The van der Waals surface area contributed by atoms with Gasteiger partial charge < -0.3 is 5.32 Å². The van der Waals surface area contributed by atoms with Gasteiger partial charge in [0, 0.05) is 19.1 Å². The summed E-state index contributed by atoms with van der Waals surface area (Å²) in [6.07, 6.45) is 3.69. The molecule has 0 bridgehead atoms. The van der Waals surface area contributed by atoms with Crippen LogP contribution < -0.4 is 5.32 Å². The van der Waals surface area contributed by atoms with Gasteiger partial charge in [0.2, 0.25) is 5.91 Å². The number of nitrogens with zero attached hydrogens (tertiary/aromatic N) is 2. The van der Waals surface area contributed by atoms with E-state index >= 15 is 0 Å². The topological polar surface area (TPSA) is 56.1 Å². The highest BCUT2D eigenvalue weighted by molar-refractivity contribution is 8.00. The number of likely N-dealkylation sites (tertiary alicyclic amines) is 1. The molecule has 1 aliphatic rings. The molecule has 1 unspecified atom stereocenters. The summed E-state index contributed by atoms with van der Waals surface area (Å²) in [6, 6.07) is 2.63. The number of piperidine rings is 1. The van der Waals surface area contributed by atoms with E-state index in [2.05, 4.69) is 30.1 Å². The van der Waals surface area contributed by atoms with Gasteiger partial charge in [-0.3, -0.25) is 9.69 Å². The van der Waals surface area contributed by atoms with Gasteiger partial charge in [-0.25, -0.2) is 0 Å². The van der Waals surface area contributed by atoms with Gasteiger partial charge in [-0.1, -0.05) is 13.8 Å². The zero-order chi connectivity index (χ0) is 14.5. The summed E-state index contributed by atoms with van der Waals surface area (Å²) in [5.41, 5.74) is 0. The van der Waals surface area contributed by atoms with E-state index in [1.807, 2.05) is 13.2 Å². The quantitative estimate of drug-likeness (QED) is 0.837. The standard InChI is InChI=1S/C14H25N3OS/c1-11(2)12(3)16-13(18)9-17-7-5-14(10-15,19-4)6-8-17/h11-12H,5-9H2,1-4H3,(H,16,18). The Morgan fingerprint density at radius 2 is 2.00 bits per heavy atom. The first kappa shape index (κ1) is 16.3. The Morgan fingerprint density at radius 1 is 1.42 bits per heavy atom. The molecule has 19 heavy (non-hydrogen) atoms. The molecular formula is C14H25N3OS. The minimum absolute atomic E-state index is 0.0924. The van der Waals surface area contributed by atoms with Crippen LogP contribution in [-0.4, -0.2) is 47.5 Å². The third-order valence-electron chi connectivity index (χ3n) is 4.01. The monoisotopic (exact) mass is 283 g/mol. The van der Waals surface area contributed by atoms with Crippen molar-refractivity contribution in [2.45, 2.75) is 44.4 Å². The van der Waals surface area contributed by atoms with E-state index in [1.54, 1.807) is 11.8 Å². The van der Waals surface area contributed by atoms with Crippen molar-refractivity contribution in [3.8, 4) is 6.07 Å². The Kier molecular flexibility index (Phi) is 6.15. The van der Waals surface area contributed by atoms with Crippen molar-refractivity contribution in [2.75, 3.05) is 25.9 Å². The fourth-order valence-corrected chi connectivity index (χ4v) is 2.79. The number of nitrogens with one attached hydrogen (secondary N) is 1. The van der Waals surface area contributed by atoms with Crippen molar-refractivity contribution < 1.29 is 4.79 Å². The van der Waals surface area contributed by atoms with E-state index in [0.29, 0.717) is 12.5 Å². The molecule has 108 valence electrons. The van der Waals surface area contributed by atoms with Crippen molar-refractivity contribution in [1.29, 1.82) is 5.26 Å². The van der Waals surface area contributed by atoms with E-state index in [4.69, 9.17) is 0 Å². The predicted molar refractivity (Wildman–Crippen MR) is 80.0 cm³/mol. The van der Waals surface area contributed by atoms with Crippen LogP contribution in [0.3, 0.4) is 0 Å². The fourth-order valence-electron chi connectivity index (χ4n) is 2.10. The summed E-state index contributed by atoms with van der Waals surface area (Å²) in [5.74, 6) is 0.544. The van der Waals surface area contributed by atoms with Crippen LogP contribution in [0.25, 0.3) is 0 Å². The molecule has 1 saturated heterocycles. The maximum Gasteiger partial charge on any atom is 0.234 e. The molecule has 0 aromatic rings. The van der Waals surface area contributed by atoms with Gasteiger partial charge in [-0.2, -0.15) is 5.26 Å². The lowest BCUT2D eigenvalue weighted by atomic mass is 9.97. The molecular weight excluding hydrogens is 258 g/mol. The Balaban J connectivity index is 2.37. The lowest BCUT2D eigenvalue weighted by Crippen LogP contribution is -2.47. The first-order valence-corrected chi connectivity index (χ1v) is 8.13. The van der Waals surface area contributed by atoms with Gasteiger partial charge >= 0.3 is 0 Å². The summed E-state index contributed by atoms with van der Waals surface area (Å²) < 4.78 is -0.238. The molecule has 0 radical (unpaired) electrons. The zero-order valence-electron chi connectivity index (χ0n) is 12.4. The van der Waals surface area contributed by atoms with Crippen LogP contribution >= 0.6 is 11.8 Å². The molecule has 1 rings (SSSR count). The second-order valence-electron chi connectivity index (χ2n) is 5.69. The van der Waals surface area contributed by atoms with E-state index in [0.717, 1.165) is 25.9 Å². The zero-order valence-corrected chi connectivity index (χ0v) is 13.2. The number of carbonyl (C=O) groups is 1. The Bertz CT molecular complexity index is 343. The van der Waals surface area contributed by atoms with E-state index in [9.17, 15) is 10.1 Å². The van der Waals surface area contributed by atoms with Gasteiger partial charge in [0.05, 0.1) is 12.6 Å². The first-order valence-electron chi connectivity index (χ1n) is 6.90. The van der Waals surface area contributed by atoms with Crippen LogP contribution in [0.4, 0.5) is 0 Å². The number of nitriles is 1. The van der Waals surface area contributed by atoms with Crippen molar-refractivity contribution in [2.24, 2.45) is 5.92 Å². The third kappa shape index (κ3) is 4.70. The Labute approximate surface area is 120 Å². The maximum atomic E-state index is 11.9. The summed E-state index contributed by atoms with van der Waals surface area (Å²) in [5, 5.41) is 12.2. The number of hydrogen-bond acceptors (Lipinski definition) is 4. The molecule has 1 N–H and O–H groups in total. The number of amides is 1. The molecule has 1 aliphatic heterocycles. The smallest absolute Gasteiger partial charge is 0.234 e. The van der Waals surface area contributed by atoms with Gasteiger partial charge in [-0.05, 0) is 31.9 Å². The highest BCUT2D eigenvalue weighted by Crippen LogP contribution is 2.33. The molecule has 0 aliphatic carbocycles. The Hall–Kier alpha value is -0.730. The summed E-state index contributed by atoms with van der Waals surface area (Å²) in [6.45, 7) is 8.35. The predicted octanol–water partition coefficient (Wildman–Crippen LogP) is 1.87. The summed E-state index contributed by atoms with van der Waals surface area (Å²) in [4.78, 5) is 14.1. The largest absolute Gasteiger partial charge is 0.352 e. The number of hydrogen-bond donors (Lipinski definition) is 1. The molecule has 0 aromatic carbocycles. The number of thioether (sulfide) groups is 1. The van der Waals surface area contributed by atoms with Crippen LogP contribution in [0.1, 0.15) is 33.6 Å². The SMILES string of the molecule is CSC1(C#N)CCN(CC(=O)NC(C)C(C)C)CC1. The van der Waals surface area contributed by atoms with Crippen molar-refractivity contribution in [3.05, 3.63) is 0 Å². The molecule has 4 nitrogen and oxygen atoms in total. The average molecular weight is 283 g/mol. The van der Waals surface area contributed by atoms with Gasteiger partial charge in [-0.15, -0.1) is 11.8 Å². The Morgan fingerprint density at radius 3 is 2.42 bits per heavy atom. The van der Waals surface area contributed by atoms with Gasteiger partial charge in [0.1, 0.15) is 4.75 Å². The number of rotatable bonds is 5. The molecule has 0 aromatic heterocycles. The maximum absolute atomic E-state index is 11.9. The van der Waals surface area contributed by atoms with Gasteiger partial charge in [0.15, 0.2) is 0 Å². The van der Waals surface area contributed by atoms with Crippen LogP contribution in [0.15, 0.2) is 0 Å². The van der Waals surface area contributed by atoms with Gasteiger partial charge in [0.25, 0.3) is 0 Å². The second kappa shape index (κ2) is 7.16. The van der Waals surface area contributed by atoms with Crippen LogP contribution in [-0.2, 0) is 4.79 Å². The van der Waals surface area contributed by atoms with E-state index in [1.165, 1.54) is 0 Å². The van der Waals surface area contributed by atoms with Crippen LogP contribution in [0.5, 0.6) is 0 Å².